The Morgan fingerprint density at radius 3 is 2.24 bits per heavy atom. The molecule has 1 N–H and O–H groups in total. The summed E-state index contributed by atoms with van der Waals surface area (Å²) in [5.74, 6) is -0.558. The number of carbonyl (C=O) groups excluding carboxylic acids is 1. The molecule has 1 amide bonds. The summed E-state index contributed by atoms with van der Waals surface area (Å²) < 4.78 is 26.3. The minimum atomic E-state index is -0.284. The van der Waals surface area contributed by atoms with Gasteiger partial charge in [0.25, 0.3) is 0 Å². The van der Waals surface area contributed by atoms with E-state index in [0.717, 1.165) is 54.6 Å². The van der Waals surface area contributed by atoms with Crippen LogP contribution in [0.15, 0.2) is 53.9 Å². The highest BCUT2D eigenvalue weighted by atomic mass is 32.1. The lowest BCUT2D eigenvalue weighted by atomic mass is 10.1. The minimum Gasteiger partial charge on any atom is -0.348 e. The second kappa shape index (κ2) is 10.5. The van der Waals surface area contributed by atoms with Gasteiger partial charge in [-0.15, -0.1) is 11.3 Å². The summed E-state index contributed by atoms with van der Waals surface area (Å²) >= 11 is 1.57. The normalized spacial score (nSPS) is 17.0. The minimum absolute atomic E-state index is 0.0243. The second-order valence-corrected chi connectivity index (χ2v) is 9.28. The zero-order valence-corrected chi connectivity index (χ0v) is 19.6. The molecule has 1 fully saturated rings. The lowest BCUT2D eigenvalue weighted by molar-refractivity contribution is -0.127. The van der Waals surface area contributed by atoms with Gasteiger partial charge in [0.1, 0.15) is 16.6 Å². The zero-order valence-electron chi connectivity index (χ0n) is 18.8. The van der Waals surface area contributed by atoms with E-state index in [4.69, 9.17) is 4.98 Å². The van der Waals surface area contributed by atoms with Gasteiger partial charge in [0.05, 0.1) is 17.8 Å². The molecule has 0 unspecified atom stereocenters. The Morgan fingerprint density at radius 2 is 1.61 bits per heavy atom. The number of aromatic nitrogens is 1. The van der Waals surface area contributed by atoms with Crippen LogP contribution in [-0.4, -0.2) is 52.9 Å². The standard InChI is InChI=1S/C25H28F2N4OS/c1-17(19-3-7-21(26)8-4-19)28-24(32)18(2)31-13-11-30(12-14-31)15-23-16-33-25(29-23)20-5-9-22(27)10-6-20/h3-10,16-18H,11-15H2,1-2H3,(H,28,32)/t17-,18-/m0/s1. The molecule has 2 atom stereocenters. The molecule has 1 saturated heterocycles. The number of nitrogens with zero attached hydrogens (tertiary/aromatic N) is 3. The summed E-state index contributed by atoms with van der Waals surface area (Å²) in [5.41, 5.74) is 2.81. The number of hydrogen-bond acceptors (Lipinski definition) is 5. The maximum absolute atomic E-state index is 13.1. The van der Waals surface area contributed by atoms with Crippen LogP contribution in [0, 0.1) is 11.6 Å². The maximum atomic E-state index is 13.1. The van der Waals surface area contributed by atoms with Crippen LogP contribution in [0.3, 0.4) is 0 Å². The number of carbonyl (C=O) groups is 1. The number of nitrogens with one attached hydrogen (secondary N) is 1. The molecule has 174 valence electrons. The SMILES string of the molecule is C[C@H](NC(=O)[C@H](C)N1CCN(Cc2csc(-c3ccc(F)cc3)n2)CC1)c1ccc(F)cc1. The number of piperazine rings is 1. The first kappa shape index (κ1) is 23.5. The summed E-state index contributed by atoms with van der Waals surface area (Å²) in [6.45, 7) is 7.90. The number of halogens is 2. The average Bonchev–Trinajstić information content (AvgIpc) is 3.28. The largest absolute Gasteiger partial charge is 0.348 e. The van der Waals surface area contributed by atoms with Gasteiger partial charge < -0.3 is 5.32 Å². The van der Waals surface area contributed by atoms with E-state index in [-0.39, 0.29) is 29.6 Å². The van der Waals surface area contributed by atoms with Gasteiger partial charge in [-0.1, -0.05) is 12.1 Å². The van der Waals surface area contributed by atoms with Crippen molar-refractivity contribution in [3.8, 4) is 10.6 Å². The molecule has 2 aromatic carbocycles. The Bertz CT molecular complexity index is 1060. The van der Waals surface area contributed by atoms with Crippen molar-refractivity contribution < 1.29 is 13.6 Å². The lowest BCUT2D eigenvalue weighted by Crippen LogP contribution is -2.53. The molecule has 0 aliphatic carbocycles. The van der Waals surface area contributed by atoms with Gasteiger partial charge in [-0.2, -0.15) is 0 Å². The predicted molar refractivity (Wildman–Crippen MR) is 127 cm³/mol. The van der Waals surface area contributed by atoms with E-state index < -0.39 is 0 Å². The quantitative estimate of drug-likeness (QED) is 0.554. The van der Waals surface area contributed by atoms with Crippen molar-refractivity contribution in [2.24, 2.45) is 0 Å². The number of thiazole rings is 1. The summed E-state index contributed by atoms with van der Waals surface area (Å²) in [6, 6.07) is 12.2. The van der Waals surface area contributed by atoms with Gasteiger partial charge in [-0.3, -0.25) is 14.6 Å². The van der Waals surface area contributed by atoms with Gasteiger partial charge in [0, 0.05) is 43.7 Å². The van der Waals surface area contributed by atoms with Crippen molar-refractivity contribution in [3.05, 3.63) is 76.8 Å². The van der Waals surface area contributed by atoms with Crippen molar-refractivity contribution in [3.63, 3.8) is 0 Å². The molecule has 0 bridgehead atoms. The monoisotopic (exact) mass is 470 g/mol. The number of amides is 1. The highest BCUT2D eigenvalue weighted by Crippen LogP contribution is 2.25. The predicted octanol–water partition coefficient (Wildman–Crippen LogP) is 4.47. The number of rotatable bonds is 7. The maximum Gasteiger partial charge on any atom is 0.237 e. The van der Waals surface area contributed by atoms with Gasteiger partial charge >= 0.3 is 0 Å². The Labute approximate surface area is 197 Å². The van der Waals surface area contributed by atoms with E-state index in [1.165, 1.54) is 24.3 Å². The van der Waals surface area contributed by atoms with Crippen molar-refractivity contribution in [1.82, 2.24) is 20.1 Å². The first-order valence-electron chi connectivity index (χ1n) is 11.1. The fourth-order valence-corrected chi connectivity index (χ4v) is 4.79. The molecule has 1 aromatic heterocycles. The molecular weight excluding hydrogens is 442 g/mol. The average molecular weight is 471 g/mol. The molecule has 2 heterocycles. The topological polar surface area (TPSA) is 48.5 Å². The highest BCUT2D eigenvalue weighted by molar-refractivity contribution is 7.13. The Morgan fingerprint density at radius 1 is 1.00 bits per heavy atom. The van der Waals surface area contributed by atoms with Gasteiger partial charge in [-0.05, 0) is 55.8 Å². The first-order valence-corrected chi connectivity index (χ1v) is 12.0. The second-order valence-electron chi connectivity index (χ2n) is 8.42. The van der Waals surface area contributed by atoms with E-state index in [9.17, 15) is 13.6 Å². The van der Waals surface area contributed by atoms with Gasteiger partial charge in [0.15, 0.2) is 0 Å². The van der Waals surface area contributed by atoms with E-state index in [1.807, 2.05) is 13.8 Å². The molecule has 5 nitrogen and oxygen atoms in total. The van der Waals surface area contributed by atoms with Crippen LogP contribution in [0.5, 0.6) is 0 Å². The van der Waals surface area contributed by atoms with Crippen molar-refractivity contribution in [1.29, 1.82) is 0 Å². The van der Waals surface area contributed by atoms with E-state index >= 15 is 0 Å². The molecule has 3 aromatic rings. The van der Waals surface area contributed by atoms with Crippen LogP contribution in [0.2, 0.25) is 0 Å². The molecular formula is C25H28F2N4OS. The molecule has 1 aliphatic heterocycles. The van der Waals surface area contributed by atoms with Crippen LogP contribution in [-0.2, 0) is 11.3 Å². The molecule has 0 saturated carbocycles. The van der Waals surface area contributed by atoms with Crippen molar-refractivity contribution in [2.45, 2.75) is 32.5 Å². The third-order valence-electron chi connectivity index (χ3n) is 6.09. The van der Waals surface area contributed by atoms with Crippen LogP contribution < -0.4 is 5.32 Å². The Kier molecular flexibility index (Phi) is 7.47. The summed E-state index contributed by atoms with van der Waals surface area (Å²) in [7, 11) is 0. The van der Waals surface area contributed by atoms with Gasteiger partial charge in [0.2, 0.25) is 5.91 Å². The Hall–Kier alpha value is -2.68. The van der Waals surface area contributed by atoms with Crippen LogP contribution in [0.1, 0.15) is 31.1 Å². The van der Waals surface area contributed by atoms with Gasteiger partial charge in [-0.25, -0.2) is 13.8 Å². The van der Waals surface area contributed by atoms with Crippen LogP contribution >= 0.6 is 11.3 Å². The van der Waals surface area contributed by atoms with E-state index in [1.54, 1.807) is 35.6 Å². The first-order chi connectivity index (χ1) is 15.9. The van der Waals surface area contributed by atoms with Crippen molar-refractivity contribution in [2.75, 3.05) is 26.2 Å². The van der Waals surface area contributed by atoms with E-state index in [0.29, 0.717) is 0 Å². The highest BCUT2D eigenvalue weighted by Gasteiger charge is 2.26. The fourth-order valence-electron chi connectivity index (χ4n) is 3.98. The Balaban J connectivity index is 1.25. The molecule has 4 rings (SSSR count). The third kappa shape index (κ3) is 6.01. The van der Waals surface area contributed by atoms with E-state index in [2.05, 4.69) is 20.5 Å². The number of hydrogen-bond donors (Lipinski definition) is 1. The smallest absolute Gasteiger partial charge is 0.237 e. The summed E-state index contributed by atoms with van der Waals surface area (Å²) in [6.07, 6.45) is 0. The number of benzene rings is 2. The summed E-state index contributed by atoms with van der Waals surface area (Å²) in [4.78, 5) is 22.0. The molecule has 0 radical (unpaired) electrons. The van der Waals surface area contributed by atoms with Crippen LogP contribution in [0.25, 0.3) is 10.6 Å². The van der Waals surface area contributed by atoms with Crippen LogP contribution in [0.4, 0.5) is 8.78 Å². The zero-order chi connectivity index (χ0) is 23.4. The lowest BCUT2D eigenvalue weighted by Gasteiger charge is -2.37. The molecule has 33 heavy (non-hydrogen) atoms. The third-order valence-corrected chi connectivity index (χ3v) is 7.03. The molecule has 1 aliphatic rings. The fraction of sp³-hybridized carbons (Fsp3) is 0.360. The molecule has 8 heteroatoms. The summed E-state index contributed by atoms with van der Waals surface area (Å²) in [5, 5.41) is 5.98. The molecule has 0 spiro atoms. The van der Waals surface area contributed by atoms with Crippen molar-refractivity contribution >= 4 is 17.2 Å².